The average molecular weight is 392 g/mol. The average Bonchev–Trinajstić information content (AvgIpc) is 3.03. The van der Waals surface area contributed by atoms with Crippen molar-refractivity contribution in [2.75, 3.05) is 19.8 Å². The SMILES string of the molecule is NCC1(C(=O)NCc2nnc3c(Cl)cc(C(F)(F)F)cn23)CCOCC1. The van der Waals surface area contributed by atoms with Crippen LogP contribution in [-0.4, -0.2) is 40.3 Å². The fourth-order valence-electron chi connectivity index (χ4n) is 2.91. The molecule has 1 amide bonds. The van der Waals surface area contributed by atoms with E-state index in [0.29, 0.717) is 26.1 Å². The van der Waals surface area contributed by atoms with Gasteiger partial charge in [-0.1, -0.05) is 11.6 Å². The standard InChI is InChI=1S/C15H17ClF3N5O2/c16-10-5-9(15(17,18)19)7-24-11(22-23-12(10)24)6-21-13(25)14(8-20)1-3-26-4-2-14/h5,7H,1-4,6,8,20H2,(H,21,25). The molecule has 0 aromatic carbocycles. The van der Waals surface area contributed by atoms with E-state index in [-0.39, 0.29) is 35.5 Å². The summed E-state index contributed by atoms with van der Waals surface area (Å²) in [4.78, 5) is 12.6. The van der Waals surface area contributed by atoms with E-state index in [2.05, 4.69) is 15.5 Å². The lowest BCUT2D eigenvalue weighted by Crippen LogP contribution is -2.49. The Morgan fingerprint density at radius 2 is 2.08 bits per heavy atom. The lowest BCUT2D eigenvalue weighted by atomic mass is 9.79. The molecule has 0 saturated carbocycles. The van der Waals surface area contributed by atoms with Gasteiger partial charge in [-0.15, -0.1) is 10.2 Å². The van der Waals surface area contributed by atoms with Crippen molar-refractivity contribution in [2.45, 2.75) is 25.6 Å². The number of alkyl halides is 3. The quantitative estimate of drug-likeness (QED) is 0.828. The smallest absolute Gasteiger partial charge is 0.381 e. The van der Waals surface area contributed by atoms with Crippen LogP contribution < -0.4 is 11.1 Å². The monoisotopic (exact) mass is 391 g/mol. The van der Waals surface area contributed by atoms with Crippen LogP contribution in [0.25, 0.3) is 5.65 Å². The Hall–Kier alpha value is -1.91. The van der Waals surface area contributed by atoms with Gasteiger partial charge in [0.1, 0.15) is 0 Å². The largest absolute Gasteiger partial charge is 0.417 e. The minimum atomic E-state index is -4.56. The number of halogens is 4. The molecule has 3 N–H and O–H groups in total. The number of hydrogen-bond acceptors (Lipinski definition) is 5. The zero-order chi connectivity index (χ0) is 18.9. The van der Waals surface area contributed by atoms with E-state index < -0.39 is 17.2 Å². The summed E-state index contributed by atoms with van der Waals surface area (Å²) in [6.45, 7) is 0.930. The summed E-state index contributed by atoms with van der Waals surface area (Å²) in [6.07, 6.45) is -2.73. The van der Waals surface area contributed by atoms with Gasteiger partial charge in [0, 0.05) is 26.0 Å². The van der Waals surface area contributed by atoms with E-state index in [0.717, 1.165) is 16.7 Å². The topological polar surface area (TPSA) is 94.5 Å². The van der Waals surface area contributed by atoms with Gasteiger partial charge in [0.2, 0.25) is 5.91 Å². The fraction of sp³-hybridized carbons (Fsp3) is 0.533. The molecule has 1 fully saturated rings. The van der Waals surface area contributed by atoms with E-state index in [1.54, 1.807) is 0 Å². The van der Waals surface area contributed by atoms with Crippen LogP contribution in [0.3, 0.4) is 0 Å². The van der Waals surface area contributed by atoms with Gasteiger partial charge in [-0.3, -0.25) is 9.20 Å². The van der Waals surface area contributed by atoms with Crippen LogP contribution in [0.1, 0.15) is 24.2 Å². The van der Waals surface area contributed by atoms with E-state index in [1.807, 2.05) is 0 Å². The molecule has 0 atom stereocenters. The third-order valence-corrected chi connectivity index (χ3v) is 4.87. The van der Waals surface area contributed by atoms with Crippen molar-refractivity contribution < 1.29 is 22.7 Å². The summed E-state index contributed by atoms with van der Waals surface area (Å²) in [5.41, 5.74) is 4.19. The lowest BCUT2D eigenvalue weighted by Gasteiger charge is -2.34. The van der Waals surface area contributed by atoms with E-state index in [4.69, 9.17) is 22.1 Å². The highest BCUT2D eigenvalue weighted by molar-refractivity contribution is 6.33. The molecule has 2 aromatic heterocycles. The van der Waals surface area contributed by atoms with Gasteiger partial charge in [0.25, 0.3) is 0 Å². The van der Waals surface area contributed by atoms with Gasteiger partial charge >= 0.3 is 6.18 Å². The molecule has 142 valence electrons. The maximum Gasteiger partial charge on any atom is 0.417 e. The zero-order valence-electron chi connectivity index (χ0n) is 13.6. The molecule has 1 aliphatic heterocycles. The number of fused-ring (bicyclic) bond motifs is 1. The summed E-state index contributed by atoms with van der Waals surface area (Å²) in [5, 5.41) is 10.1. The van der Waals surface area contributed by atoms with Gasteiger partial charge in [-0.05, 0) is 18.9 Å². The van der Waals surface area contributed by atoms with E-state index >= 15 is 0 Å². The summed E-state index contributed by atoms with van der Waals surface area (Å²) in [7, 11) is 0. The minimum Gasteiger partial charge on any atom is -0.381 e. The predicted molar refractivity (Wildman–Crippen MR) is 86.4 cm³/mol. The first-order valence-electron chi connectivity index (χ1n) is 7.93. The number of aromatic nitrogens is 3. The van der Waals surface area contributed by atoms with Crippen molar-refractivity contribution >= 4 is 23.2 Å². The number of ether oxygens (including phenoxy) is 1. The maximum atomic E-state index is 13.0. The normalized spacial score (nSPS) is 17.4. The van der Waals surface area contributed by atoms with Gasteiger partial charge < -0.3 is 15.8 Å². The van der Waals surface area contributed by atoms with Gasteiger partial charge in [0.15, 0.2) is 11.5 Å². The molecule has 3 rings (SSSR count). The number of pyridine rings is 1. The van der Waals surface area contributed by atoms with E-state index in [1.165, 1.54) is 0 Å². The van der Waals surface area contributed by atoms with Crippen molar-refractivity contribution in [2.24, 2.45) is 11.1 Å². The fourth-order valence-corrected chi connectivity index (χ4v) is 3.15. The number of carbonyl (C=O) groups excluding carboxylic acids is 1. The minimum absolute atomic E-state index is 0.0866. The Morgan fingerprint density at radius 3 is 2.69 bits per heavy atom. The molecule has 1 saturated heterocycles. The molecule has 0 radical (unpaired) electrons. The Kier molecular flexibility index (Phi) is 5.09. The first kappa shape index (κ1) is 18.9. The highest BCUT2D eigenvalue weighted by Crippen LogP contribution is 2.32. The first-order valence-corrected chi connectivity index (χ1v) is 8.31. The number of nitrogens with one attached hydrogen (secondary N) is 1. The number of rotatable bonds is 4. The van der Waals surface area contributed by atoms with Gasteiger partial charge in [0.05, 0.1) is 22.5 Å². The van der Waals surface area contributed by atoms with Crippen LogP contribution in [-0.2, 0) is 22.3 Å². The first-order chi connectivity index (χ1) is 12.3. The third kappa shape index (κ3) is 3.49. The van der Waals surface area contributed by atoms with E-state index in [9.17, 15) is 18.0 Å². The summed E-state index contributed by atoms with van der Waals surface area (Å²) < 4.78 is 45.3. The predicted octanol–water partition coefficient (Wildman–Crippen LogP) is 1.77. The van der Waals surface area contributed by atoms with Crippen molar-refractivity contribution in [3.05, 3.63) is 28.7 Å². The molecule has 11 heteroatoms. The summed E-state index contributed by atoms with van der Waals surface area (Å²) in [6, 6.07) is 0.791. The van der Waals surface area contributed by atoms with Crippen LogP contribution in [0, 0.1) is 5.41 Å². The Balaban J connectivity index is 1.83. The second-order valence-electron chi connectivity index (χ2n) is 6.16. The molecule has 1 aliphatic rings. The van der Waals surface area contributed by atoms with Crippen molar-refractivity contribution in [1.82, 2.24) is 19.9 Å². The highest BCUT2D eigenvalue weighted by atomic mass is 35.5. The number of hydrogen-bond donors (Lipinski definition) is 2. The van der Waals surface area contributed by atoms with Crippen molar-refractivity contribution in [3.8, 4) is 0 Å². The van der Waals surface area contributed by atoms with Crippen LogP contribution in [0.2, 0.25) is 5.02 Å². The van der Waals surface area contributed by atoms with Crippen LogP contribution in [0.4, 0.5) is 13.2 Å². The molecular formula is C15H17ClF3N5O2. The lowest BCUT2D eigenvalue weighted by molar-refractivity contribution is -0.138. The number of nitrogens with zero attached hydrogens (tertiary/aromatic N) is 3. The van der Waals surface area contributed by atoms with Crippen LogP contribution in [0.5, 0.6) is 0 Å². The molecule has 26 heavy (non-hydrogen) atoms. The van der Waals surface area contributed by atoms with Crippen molar-refractivity contribution in [3.63, 3.8) is 0 Å². The van der Waals surface area contributed by atoms with Crippen LogP contribution >= 0.6 is 11.6 Å². The molecule has 0 aliphatic carbocycles. The third-order valence-electron chi connectivity index (χ3n) is 4.59. The van der Waals surface area contributed by atoms with Crippen molar-refractivity contribution in [1.29, 1.82) is 0 Å². The molecule has 3 heterocycles. The zero-order valence-corrected chi connectivity index (χ0v) is 14.4. The highest BCUT2D eigenvalue weighted by Gasteiger charge is 2.38. The van der Waals surface area contributed by atoms with Crippen LogP contribution in [0.15, 0.2) is 12.3 Å². The number of carbonyl (C=O) groups is 1. The second kappa shape index (κ2) is 7.01. The Bertz CT molecular complexity index is 817. The molecule has 0 unspecified atom stereocenters. The molecular weight excluding hydrogens is 375 g/mol. The second-order valence-corrected chi connectivity index (χ2v) is 6.57. The summed E-state index contributed by atoms with van der Waals surface area (Å²) >= 11 is 5.87. The Labute approximate surface area is 151 Å². The molecule has 0 spiro atoms. The maximum absolute atomic E-state index is 13.0. The summed E-state index contributed by atoms with van der Waals surface area (Å²) in [5.74, 6) is -0.140. The molecule has 2 aromatic rings. The Morgan fingerprint density at radius 1 is 1.38 bits per heavy atom. The van der Waals surface area contributed by atoms with Gasteiger partial charge in [-0.2, -0.15) is 13.2 Å². The number of nitrogens with two attached hydrogens (primary N) is 1. The van der Waals surface area contributed by atoms with Gasteiger partial charge in [-0.25, -0.2) is 0 Å². The number of amides is 1. The molecule has 7 nitrogen and oxygen atoms in total. The molecule has 0 bridgehead atoms.